The van der Waals surface area contributed by atoms with Crippen molar-refractivity contribution in [2.45, 2.75) is 19.1 Å². The Bertz CT molecular complexity index is 482. The van der Waals surface area contributed by atoms with Gasteiger partial charge in [0, 0.05) is 13.2 Å². The van der Waals surface area contributed by atoms with Crippen LogP contribution in [-0.4, -0.2) is 24.9 Å². The van der Waals surface area contributed by atoms with E-state index in [0.717, 1.165) is 12.1 Å². The van der Waals surface area contributed by atoms with E-state index in [1.54, 1.807) is 7.11 Å². The lowest BCUT2D eigenvalue weighted by atomic mass is 10.2. The van der Waals surface area contributed by atoms with E-state index in [9.17, 15) is 13.2 Å². The Kier molecular flexibility index (Phi) is 6.04. The van der Waals surface area contributed by atoms with Crippen molar-refractivity contribution in [3.63, 3.8) is 0 Å². The molecule has 1 rings (SSSR count). The number of nitrogens with one attached hydrogen (secondary N) is 2. The van der Waals surface area contributed by atoms with E-state index in [1.165, 1.54) is 6.07 Å². The lowest BCUT2D eigenvalue weighted by Gasteiger charge is -2.17. The summed E-state index contributed by atoms with van der Waals surface area (Å²) >= 11 is 10.8. The fourth-order valence-electron chi connectivity index (χ4n) is 1.47. The molecule has 3 nitrogen and oxygen atoms in total. The molecular weight excluding hydrogens is 313 g/mol. The van der Waals surface area contributed by atoms with Crippen molar-refractivity contribution in [1.82, 2.24) is 5.32 Å². The monoisotopic (exact) mass is 326 g/mol. The van der Waals surface area contributed by atoms with Gasteiger partial charge in [0.1, 0.15) is 0 Å². The Morgan fingerprint density at radius 1 is 1.45 bits per heavy atom. The zero-order chi connectivity index (χ0) is 15.3. The van der Waals surface area contributed by atoms with Gasteiger partial charge in [-0.05, 0) is 37.3 Å². The second kappa shape index (κ2) is 7.10. The van der Waals surface area contributed by atoms with Crippen LogP contribution in [0, 0.1) is 0 Å². The molecule has 0 aromatic heterocycles. The lowest BCUT2D eigenvalue weighted by Crippen LogP contribution is -2.38. The number of anilines is 1. The van der Waals surface area contributed by atoms with Gasteiger partial charge < -0.3 is 15.4 Å². The number of hydrogen-bond donors (Lipinski definition) is 2. The predicted octanol–water partition coefficient (Wildman–Crippen LogP) is 3.68. The number of benzene rings is 1. The summed E-state index contributed by atoms with van der Waals surface area (Å²) in [5.74, 6) is 0. The topological polar surface area (TPSA) is 33.3 Å². The third-order valence-corrected chi connectivity index (χ3v) is 2.87. The maximum absolute atomic E-state index is 12.5. The number of alkyl halides is 3. The minimum Gasteiger partial charge on any atom is -0.383 e. The first-order chi connectivity index (χ1) is 9.24. The van der Waals surface area contributed by atoms with E-state index in [-0.39, 0.29) is 16.2 Å². The predicted molar refractivity (Wildman–Crippen MR) is 77.1 cm³/mol. The summed E-state index contributed by atoms with van der Waals surface area (Å²) in [6, 6.07) is 2.99. The van der Waals surface area contributed by atoms with Gasteiger partial charge in [0.05, 0.1) is 22.9 Å². The van der Waals surface area contributed by atoms with Gasteiger partial charge in [0.2, 0.25) is 0 Å². The molecule has 20 heavy (non-hydrogen) atoms. The first-order valence-corrected chi connectivity index (χ1v) is 6.46. The number of ether oxygens (including phenoxy) is 1. The fraction of sp³-hybridized carbons (Fsp3) is 0.417. The summed E-state index contributed by atoms with van der Waals surface area (Å²) in [4.78, 5) is 0. The number of hydrogen-bond acceptors (Lipinski definition) is 2. The molecule has 1 aromatic rings. The Morgan fingerprint density at radius 2 is 2.10 bits per heavy atom. The van der Waals surface area contributed by atoms with Gasteiger partial charge in [-0.2, -0.15) is 13.2 Å². The molecule has 0 aliphatic carbocycles. The second-order valence-electron chi connectivity index (χ2n) is 4.15. The maximum Gasteiger partial charge on any atom is 0.416 e. The van der Waals surface area contributed by atoms with Crippen LogP contribution >= 0.6 is 23.8 Å². The number of methoxy groups -OCH3 is 1. The molecule has 0 aliphatic heterocycles. The molecule has 0 bridgehead atoms. The SMILES string of the molecule is COCC(C)NC(=S)Nc1ccc(C(F)(F)F)cc1Cl. The zero-order valence-electron chi connectivity index (χ0n) is 10.8. The van der Waals surface area contributed by atoms with Crippen molar-refractivity contribution in [3.8, 4) is 0 Å². The van der Waals surface area contributed by atoms with Gasteiger partial charge in [0.25, 0.3) is 0 Å². The van der Waals surface area contributed by atoms with Crippen LogP contribution < -0.4 is 10.6 Å². The van der Waals surface area contributed by atoms with Gasteiger partial charge in [-0.25, -0.2) is 0 Å². The standard InChI is InChI=1S/C12H14ClF3N2OS/c1-7(6-19-2)17-11(20)18-10-4-3-8(5-9(10)13)12(14,15)16/h3-5,7H,6H2,1-2H3,(H2,17,18,20). The van der Waals surface area contributed by atoms with Crippen molar-refractivity contribution in [3.05, 3.63) is 28.8 Å². The van der Waals surface area contributed by atoms with Crippen molar-refractivity contribution in [2.24, 2.45) is 0 Å². The van der Waals surface area contributed by atoms with E-state index in [2.05, 4.69) is 10.6 Å². The molecule has 0 saturated heterocycles. The van der Waals surface area contributed by atoms with Crippen molar-refractivity contribution in [2.75, 3.05) is 19.0 Å². The first-order valence-electron chi connectivity index (χ1n) is 5.67. The Hall–Kier alpha value is -1.05. The molecule has 1 unspecified atom stereocenters. The second-order valence-corrected chi connectivity index (χ2v) is 4.96. The molecular formula is C12H14ClF3N2OS. The molecule has 0 amide bonds. The van der Waals surface area contributed by atoms with E-state index in [4.69, 9.17) is 28.6 Å². The van der Waals surface area contributed by atoms with Crippen LogP contribution in [0.5, 0.6) is 0 Å². The van der Waals surface area contributed by atoms with Gasteiger partial charge in [-0.3, -0.25) is 0 Å². The van der Waals surface area contributed by atoms with Crippen LogP contribution in [0.2, 0.25) is 5.02 Å². The molecule has 1 atom stereocenters. The third kappa shape index (κ3) is 5.15. The van der Waals surface area contributed by atoms with E-state index < -0.39 is 11.7 Å². The molecule has 0 fully saturated rings. The summed E-state index contributed by atoms with van der Waals surface area (Å²) in [6.45, 7) is 2.30. The fourth-order valence-corrected chi connectivity index (χ4v) is 2.01. The third-order valence-electron chi connectivity index (χ3n) is 2.34. The van der Waals surface area contributed by atoms with Gasteiger partial charge in [-0.1, -0.05) is 11.6 Å². The Morgan fingerprint density at radius 3 is 2.60 bits per heavy atom. The molecule has 0 aliphatic rings. The lowest BCUT2D eigenvalue weighted by molar-refractivity contribution is -0.137. The summed E-state index contributed by atoms with van der Waals surface area (Å²) in [5, 5.41) is 5.87. The van der Waals surface area contributed by atoms with Crippen LogP contribution in [0.1, 0.15) is 12.5 Å². The maximum atomic E-state index is 12.5. The summed E-state index contributed by atoms with van der Waals surface area (Å²) in [6.07, 6.45) is -4.42. The molecule has 2 N–H and O–H groups in total. The normalized spacial score (nSPS) is 12.9. The molecule has 0 heterocycles. The molecule has 0 radical (unpaired) electrons. The molecule has 0 saturated carbocycles. The number of thiocarbonyl (C=S) groups is 1. The Balaban J connectivity index is 2.72. The highest BCUT2D eigenvalue weighted by Crippen LogP contribution is 2.33. The molecule has 0 spiro atoms. The minimum absolute atomic E-state index is 0.0341. The van der Waals surface area contributed by atoms with E-state index in [1.807, 2.05) is 6.92 Å². The number of rotatable bonds is 4. The van der Waals surface area contributed by atoms with Crippen molar-refractivity contribution >= 4 is 34.6 Å². The largest absolute Gasteiger partial charge is 0.416 e. The van der Waals surface area contributed by atoms with Crippen molar-refractivity contribution in [1.29, 1.82) is 0 Å². The average molecular weight is 327 g/mol. The van der Waals surface area contributed by atoms with Crippen LogP contribution in [0.25, 0.3) is 0 Å². The average Bonchev–Trinajstić information content (AvgIpc) is 2.30. The quantitative estimate of drug-likeness (QED) is 0.827. The molecule has 8 heteroatoms. The highest BCUT2D eigenvalue weighted by molar-refractivity contribution is 7.80. The summed E-state index contributed by atoms with van der Waals surface area (Å²) < 4.78 is 42.4. The van der Waals surface area contributed by atoms with Gasteiger partial charge in [-0.15, -0.1) is 0 Å². The molecule has 1 aromatic carbocycles. The van der Waals surface area contributed by atoms with Gasteiger partial charge in [0.15, 0.2) is 5.11 Å². The minimum atomic E-state index is -4.42. The summed E-state index contributed by atoms with van der Waals surface area (Å²) in [5.41, 5.74) is -0.499. The van der Waals surface area contributed by atoms with E-state index in [0.29, 0.717) is 12.3 Å². The first kappa shape index (κ1) is 17.0. The van der Waals surface area contributed by atoms with Crippen LogP contribution in [0.15, 0.2) is 18.2 Å². The van der Waals surface area contributed by atoms with Crippen LogP contribution in [0.4, 0.5) is 18.9 Å². The van der Waals surface area contributed by atoms with Crippen LogP contribution in [0.3, 0.4) is 0 Å². The Labute approximate surface area is 125 Å². The smallest absolute Gasteiger partial charge is 0.383 e. The number of halogens is 4. The zero-order valence-corrected chi connectivity index (χ0v) is 12.4. The highest BCUT2D eigenvalue weighted by atomic mass is 35.5. The van der Waals surface area contributed by atoms with Crippen LogP contribution in [-0.2, 0) is 10.9 Å². The summed E-state index contributed by atoms with van der Waals surface area (Å²) in [7, 11) is 1.56. The molecule has 112 valence electrons. The van der Waals surface area contributed by atoms with Crippen molar-refractivity contribution < 1.29 is 17.9 Å². The highest BCUT2D eigenvalue weighted by Gasteiger charge is 2.30. The van der Waals surface area contributed by atoms with Gasteiger partial charge >= 0.3 is 6.18 Å². The van der Waals surface area contributed by atoms with E-state index >= 15 is 0 Å².